The lowest BCUT2D eigenvalue weighted by Crippen LogP contribution is -2.62. The molecule has 3 aliphatic rings. The van der Waals surface area contributed by atoms with Gasteiger partial charge in [-0.25, -0.2) is 14.8 Å². The van der Waals surface area contributed by atoms with Crippen LogP contribution in [0.3, 0.4) is 0 Å². The van der Waals surface area contributed by atoms with E-state index >= 15 is 0 Å². The monoisotopic (exact) mass is 596 g/mol. The highest BCUT2D eigenvalue weighted by Gasteiger charge is 2.38. The molecule has 1 amide bonds. The number of fused-ring (bicyclic) bond motifs is 3. The van der Waals surface area contributed by atoms with Crippen LogP contribution in [0.15, 0.2) is 42.7 Å². The summed E-state index contributed by atoms with van der Waals surface area (Å²) in [5, 5.41) is 20.2. The highest BCUT2D eigenvalue weighted by atomic mass is 16.6. The first-order valence-corrected chi connectivity index (χ1v) is 15.6. The van der Waals surface area contributed by atoms with Crippen molar-refractivity contribution >= 4 is 23.1 Å². The van der Waals surface area contributed by atoms with Gasteiger partial charge < -0.3 is 24.6 Å². The second-order valence-corrected chi connectivity index (χ2v) is 13.3. The van der Waals surface area contributed by atoms with E-state index in [0.29, 0.717) is 23.2 Å². The van der Waals surface area contributed by atoms with Gasteiger partial charge in [0, 0.05) is 66.7 Å². The van der Waals surface area contributed by atoms with Gasteiger partial charge in [-0.05, 0) is 83.3 Å². The fourth-order valence-corrected chi connectivity index (χ4v) is 6.86. The number of benzene rings is 1. The first-order chi connectivity index (χ1) is 21.1. The van der Waals surface area contributed by atoms with Crippen LogP contribution in [0.25, 0.3) is 22.3 Å². The molecule has 44 heavy (non-hydrogen) atoms. The number of nitrogens with zero attached hydrogens (tertiary/aromatic N) is 7. The number of para-hydroxylation sites is 1. The van der Waals surface area contributed by atoms with Crippen molar-refractivity contribution in [3.63, 3.8) is 0 Å². The van der Waals surface area contributed by atoms with E-state index in [9.17, 15) is 9.90 Å². The van der Waals surface area contributed by atoms with Crippen LogP contribution in [0.4, 0.5) is 10.7 Å². The fraction of sp³-hybridized carbons (Fsp3) is 0.485. The van der Waals surface area contributed by atoms with E-state index in [4.69, 9.17) is 14.7 Å². The summed E-state index contributed by atoms with van der Waals surface area (Å²) in [6, 6.07) is 9.68. The van der Waals surface area contributed by atoms with Crippen LogP contribution in [0.2, 0.25) is 0 Å². The largest absolute Gasteiger partial charge is 0.507 e. The number of piperidine rings is 1. The Hall–Kier alpha value is -4.25. The van der Waals surface area contributed by atoms with E-state index in [1.54, 1.807) is 17.0 Å². The summed E-state index contributed by atoms with van der Waals surface area (Å²) in [5.41, 5.74) is 5.14. The number of hydrogen-bond donors (Lipinski definition) is 2. The molecule has 4 aromatic rings. The highest BCUT2D eigenvalue weighted by molar-refractivity contribution is 5.86. The zero-order chi connectivity index (χ0) is 30.6. The third-order valence-corrected chi connectivity index (χ3v) is 9.29. The summed E-state index contributed by atoms with van der Waals surface area (Å²) in [4.78, 5) is 32.0. The highest BCUT2D eigenvalue weighted by Crippen LogP contribution is 2.38. The maximum absolute atomic E-state index is 12.3. The molecule has 0 radical (unpaired) electrons. The van der Waals surface area contributed by atoms with Crippen LogP contribution in [0.5, 0.6) is 5.75 Å². The average Bonchev–Trinajstić information content (AvgIpc) is 3.35. The number of aromatic hydroxyl groups is 1. The molecule has 3 aliphatic heterocycles. The SMILES string of the molecule is C[C@@H]1c2c([nH]c3nnc(-c4ccccc4O)cc23)CCN1c1ncc(C2CCN(C3CN(C(=O)OC(C)(C)C)C3)CC2)cn1. The molecular formula is C33H40N8O3. The van der Waals surface area contributed by atoms with Gasteiger partial charge in [-0.1, -0.05) is 12.1 Å². The van der Waals surface area contributed by atoms with E-state index in [1.807, 2.05) is 51.4 Å². The second-order valence-electron chi connectivity index (χ2n) is 13.3. The molecule has 2 saturated heterocycles. The lowest BCUT2D eigenvalue weighted by atomic mass is 9.90. The van der Waals surface area contributed by atoms with Gasteiger partial charge in [0.15, 0.2) is 5.65 Å². The number of nitrogens with one attached hydrogen (secondary N) is 1. The predicted molar refractivity (Wildman–Crippen MR) is 168 cm³/mol. The maximum Gasteiger partial charge on any atom is 0.410 e. The number of likely N-dealkylation sites (tertiary alicyclic amines) is 2. The summed E-state index contributed by atoms with van der Waals surface area (Å²) in [7, 11) is 0. The molecule has 2 N–H and O–H groups in total. The Morgan fingerprint density at radius 1 is 1.05 bits per heavy atom. The minimum absolute atomic E-state index is 0.0470. The van der Waals surface area contributed by atoms with E-state index in [0.717, 1.165) is 74.7 Å². The number of carbonyl (C=O) groups excluding carboxylic acids is 1. The molecule has 0 unspecified atom stereocenters. The molecular weight excluding hydrogens is 556 g/mol. The van der Waals surface area contributed by atoms with Crippen LogP contribution in [0.1, 0.15) is 69.3 Å². The van der Waals surface area contributed by atoms with Crippen molar-refractivity contribution < 1.29 is 14.6 Å². The number of hydrogen-bond acceptors (Lipinski definition) is 9. The van der Waals surface area contributed by atoms with E-state index in [-0.39, 0.29) is 17.9 Å². The third-order valence-electron chi connectivity index (χ3n) is 9.29. The van der Waals surface area contributed by atoms with Crippen LogP contribution >= 0.6 is 0 Å². The molecule has 1 atom stereocenters. The molecule has 0 aliphatic carbocycles. The number of carbonyl (C=O) groups is 1. The summed E-state index contributed by atoms with van der Waals surface area (Å²) in [6.45, 7) is 12.2. The van der Waals surface area contributed by atoms with Crippen molar-refractivity contribution in [2.24, 2.45) is 0 Å². The van der Waals surface area contributed by atoms with Crippen molar-refractivity contribution in [3.8, 4) is 17.0 Å². The van der Waals surface area contributed by atoms with Crippen LogP contribution in [-0.2, 0) is 11.2 Å². The smallest absolute Gasteiger partial charge is 0.410 e. The number of phenolic OH excluding ortho intramolecular Hbond substituents is 1. The molecule has 11 nitrogen and oxygen atoms in total. The van der Waals surface area contributed by atoms with Gasteiger partial charge in [0.25, 0.3) is 0 Å². The number of anilines is 1. The first-order valence-electron chi connectivity index (χ1n) is 15.6. The quantitative estimate of drug-likeness (QED) is 0.333. The number of rotatable bonds is 4. The van der Waals surface area contributed by atoms with Gasteiger partial charge in [0.05, 0.1) is 11.7 Å². The van der Waals surface area contributed by atoms with Gasteiger partial charge >= 0.3 is 6.09 Å². The minimum Gasteiger partial charge on any atom is -0.507 e. The number of aromatic nitrogens is 5. The molecule has 230 valence electrons. The fourth-order valence-electron chi connectivity index (χ4n) is 6.86. The Kier molecular flexibility index (Phi) is 7.15. The topological polar surface area (TPSA) is 124 Å². The molecule has 0 spiro atoms. The van der Waals surface area contributed by atoms with Gasteiger partial charge in [0.2, 0.25) is 5.95 Å². The minimum atomic E-state index is -0.461. The molecule has 6 heterocycles. The molecule has 0 bridgehead atoms. The Morgan fingerprint density at radius 3 is 2.48 bits per heavy atom. The molecule has 0 saturated carbocycles. The van der Waals surface area contributed by atoms with Gasteiger partial charge in [-0.2, -0.15) is 0 Å². The molecule has 2 fully saturated rings. The first kappa shape index (κ1) is 28.5. The van der Waals surface area contributed by atoms with E-state index < -0.39 is 5.60 Å². The van der Waals surface area contributed by atoms with Crippen molar-refractivity contribution in [3.05, 3.63) is 59.5 Å². The Labute approximate surface area is 257 Å². The van der Waals surface area contributed by atoms with Crippen LogP contribution in [-0.4, -0.2) is 90.5 Å². The van der Waals surface area contributed by atoms with Crippen LogP contribution < -0.4 is 4.90 Å². The number of ether oxygens (including phenoxy) is 1. The number of phenols is 1. The Morgan fingerprint density at radius 2 is 1.77 bits per heavy atom. The Balaban J connectivity index is 0.996. The lowest BCUT2D eigenvalue weighted by Gasteiger charge is -2.47. The normalized spacial score (nSPS) is 20.0. The molecule has 11 heteroatoms. The zero-order valence-corrected chi connectivity index (χ0v) is 25.8. The second kappa shape index (κ2) is 11.0. The van der Waals surface area contributed by atoms with Gasteiger partial charge in [-0.3, -0.25) is 4.90 Å². The van der Waals surface area contributed by atoms with E-state index in [2.05, 4.69) is 31.9 Å². The van der Waals surface area contributed by atoms with Gasteiger partial charge in [-0.15, -0.1) is 10.2 Å². The van der Waals surface area contributed by atoms with E-state index in [1.165, 1.54) is 11.1 Å². The number of aromatic amines is 1. The maximum atomic E-state index is 12.3. The summed E-state index contributed by atoms with van der Waals surface area (Å²) < 4.78 is 5.51. The lowest BCUT2D eigenvalue weighted by molar-refractivity contribution is -0.0196. The summed E-state index contributed by atoms with van der Waals surface area (Å²) in [5.74, 6) is 1.36. The standard InChI is InChI=1S/C33H40N8O3/c1-20-29-25-15-27(24-7-5-6-8-28(24)42)37-38-30(25)36-26(29)11-14-41(20)31-34-16-22(17-35-31)21-9-12-39(13-10-21)23-18-40(19-23)32(43)44-33(2,3)4/h5-8,15-17,20-21,23,42H,9-14,18-19H2,1-4H3,(H,36,38)/t20-/m1/s1. The average molecular weight is 597 g/mol. The molecule has 3 aromatic heterocycles. The van der Waals surface area contributed by atoms with Crippen molar-refractivity contribution in [2.45, 2.75) is 70.6 Å². The predicted octanol–water partition coefficient (Wildman–Crippen LogP) is 5.04. The Bertz CT molecular complexity index is 1670. The van der Waals surface area contributed by atoms with Crippen molar-refractivity contribution in [2.75, 3.05) is 37.6 Å². The van der Waals surface area contributed by atoms with Crippen molar-refractivity contribution in [1.82, 2.24) is 34.9 Å². The number of amides is 1. The molecule has 1 aromatic carbocycles. The summed E-state index contributed by atoms with van der Waals surface area (Å²) >= 11 is 0. The van der Waals surface area contributed by atoms with Crippen LogP contribution in [0, 0.1) is 0 Å². The third kappa shape index (κ3) is 5.34. The zero-order valence-electron chi connectivity index (χ0n) is 25.8. The summed E-state index contributed by atoms with van der Waals surface area (Å²) in [6.07, 6.45) is 6.76. The van der Waals surface area contributed by atoms with Crippen molar-refractivity contribution in [1.29, 1.82) is 0 Å². The number of H-pyrrole nitrogens is 1. The molecule has 7 rings (SSSR count). The van der Waals surface area contributed by atoms with Gasteiger partial charge in [0.1, 0.15) is 11.4 Å².